The molecule has 0 aromatic heterocycles. The first-order valence-electron chi connectivity index (χ1n) is 3.60. The van der Waals surface area contributed by atoms with Crippen molar-refractivity contribution in [2.24, 2.45) is 5.73 Å². The largest absolute Gasteiger partial charge is 0.387 e. The molecule has 0 aromatic carbocycles. The molecule has 0 rings (SSSR count). The standard InChI is InChI=1S/C7H17N3S/c1-6(5-11-3)10(2)4-7(8)9/h6H,4-5H2,1-3H3,(H3,8,9). The highest BCUT2D eigenvalue weighted by Gasteiger charge is 2.07. The highest BCUT2D eigenvalue weighted by molar-refractivity contribution is 7.98. The average Bonchev–Trinajstić information content (AvgIpc) is 1.86. The molecule has 3 nitrogen and oxygen atoms in total. The van der Waals surface area contributed by atoms with Crippen LogP contribution >= 0.6 is 11.8 Å². The molecule has 3 N–H and O–H groups in total. The van der Waals surface area contributed by atoms with Crippen molar-refractivity contribution in [1.29, 1.82) is 5.41 Å². The van der Waals surface area contributed by atoms with Gasteiger partial charge in [0.25, 0.3) is 0 Å². The van der Waals surface area contributed by atoms with Crippen LogP contribution in [0, 0.1) is 5.41 Å². The van der Waals surface area contributed by atoms with E-state index in [1.54, 1.807) is 0 Å². The van der Waals surface area contributed by atoms with Gasteiger partial charge in [0.05, 0.1) is 6.54 Å². The number of hydrogen-bond acceptors (Lipinski definition) is 3. The molecule has 0 aliphatic rings. The van der Waals surface area contributed by atoms with Crippen molar-refractivity contribution in [3.63, 3.8) is 0 Å². The third-order valence-electron chi connectivity index (χ3n) is 1.58. The van der Waals surface area contributed by atoms with Gasteiger partial charge in [-0.15, -0.1) is 0 Å². The van der Waals surface area contributed by atoms with E-state index in [0.717, 1.165) is 5.75 Å². The summed E-state index contributed by atoms with van der Waals surface area (Å²) in [4.78, 5) is 2.08. The lowest BCUT2D eigenvalue weighted by atomic mass is 10.3. The summed E-state index contributed by atoms with van der Waals surface area (Å²) in [5.74, 6) is 1.32. The van der Waals surface area contributed by atoms with E-state index in [0.29, 0.717) is 12.6 Å². The minimum Gasteiger partial charge on any atom is -0.387 e. The Morgan fingerprint density at radius 3 is 2.64 bits per heavy atom. The van der Waals surface area contributed by atoms with Crippen molar-refractivity contribution in [3.05, 3.63) is 0 Å². The molecule has 0 radical (unpaired) electrons. The van der Waals surface area contributed by atoms with Crippen LogP contribution < -0.4 is 5.73 Å². The molecule has 0 spiro atoms. The summed E-state index contributed by atoms with van der Waals surface area (Å²) in [5, 5.41) is 7.08. The average molecular weight is 175 g/mol. The van der Waals surface area contributed by atoms with Crippen LogP contribution in [0.5, 0.6) is 0 Å². The summed E-state index contributed by atoms with van der Waals surface area (Å²) in [5.41, 5.74) is 5.26. The molecule has 66 valence electrons. The van der Waals surface area contributed by atoms with Crippen molar-refractivity contribution < 1.29 is 0 Å². The van der Waals surface area contributed by atoms with Gasteiger partial charge in [-0.1, -0.05) is 0 Å². The quantitative estimate of drug-likeness (QED) is 0.475. The first-order chi connectivity index (χ1) is 5.07. The predicted octanol–water partition coefficient (Wildman–Crippen LogP) is 0.606. The summed E-state index contributed by atoms with van der Waals surface area (Å²) in [6.45, 7) is 2.71. The first-order valence-corrected chi connectivity index (χ1v) is 4.99. The van der Waals surface area contributed by atoms with Crippen molar-refractivity contribution in [3.8, 4) is 0 Å². The lowest BCUT2D eigenvalue weighted by Gasteiger charge is -2.22. The van der Waals surface area contributed by atoms with Crippen LogP contribution in [0.3, 0.4) is 0 Å². The van der Waals surface area contributed by atoms with Gasteiger partial charge in [0.15, 0.2) is 0 Å². The van der Waals surface area contributed by atoms with Gasteiger partial charge in [-0.2, -0.15) is 11.8 Å². The predicted molar refractivity (Wildman–Crippen MR) is 52.4 cm³/mol. The molecule has 0 fully saturated rings. The molecule has 1 unspecified atom stereocenters. The fourth-order valence-electron chi connectivity index (χ4n) is 0.793. The lowest BCUT2D eigenvalue weighted by molar-refractivity contribution is 0.315. The molecule has 11 heavy (non-hydrogen) atoms. The summed E-state index contributed by atoms with van der Waals surface area (Å²) in [7, 11) is 1.99. The molecule has 0 aliphatic heterocycles. The van der Waals surface area contributed by atoms with E-state index in [9.17, 15) is 0 Å². The Kier molecular flexibility index (Phi) is 5.32. The molecule has 0 aromatic rings. The summed E-state index contributed by atoms with van der Waals surface area (Å²) in [6, 6.07) is 0.494. The van der Waals surface area contributed by atoms with E-state index in [4.69, 9.17) is 11.1 Å². The Balaban J connectivity index is 3.63. The van der Waals surface area contributed by atoms with Crippen LogP contribution in [0.15, 0.2) is 0 Å². The van der Waals surface area contributed by atoms with E-state index in [1.807, 2.05) is 18.8 Å². The first kappa shape index (κ1) is 10.8. The van der Waals surface area contributed by atoms with Crippen molar-refractivity contribution >= 4 is 17.6 Å². The molecular formula is C7H17N3S. The SMILES string of the molecule is CSCC(C)N(C)CC(=N)N. The molecule has 0 bridgehead atoms. The molecule has 1 atom stereocenters. The molecule has 0 amide bonds. The van der Waals surface area contributed by atoms with Gasteiger partial charge in [0, 0.05) is 11.8 Å². The van der Waals surface area contributed by atoms with Crippen LogP contribution in [0.25, 0.3) is 0 Å². The van der Waals surface area contributed by atoms with Gasteiger partial charge in [0.2, 0.25) is 0 Å². The van der Waals surface area contributed by atoms with E-state index in [2.05, 4.69) is 18.1 Å². The summed E-state index contributed by atoms with van der Waals surface area (Å²) >= 11 is 1.81. The fraction of sp³-hybridized carbons (Fsp3) is 0.857. The van der Waals surface area contributed by atoms with Crippen LogP contribution in [0.4, 0.5) is 0 Å². The number of thioether (sulfide) groups is 1. The Bertz CT molecular complexity index is 127. The number of nitrogens with one attached hydrogen (secondary N) is 1. The van der Waals surface area contributed by atoms with E-state index in [1.165, 1.54) is 0 Å². The highest BCUT2D eigenvalue weighted by Crippen LogP contribution is 2.02. The zero-order chi connectivity index (χ0) is 8.85. The number of hydrogen-bond donors (Lipinski definition) is 2. The molecular weight excluding hydrogens is 158 g/mol. The Hall–Kier alpha value is -0.220. The van der Waals surface area contributed by atoms with Gasteiger partial charge in [-0.05, 0) is 20.2 Å². The Morgan fingerprint density at radius 1 is 1.73 bits per heavy atom. The minimum atomic E-state index is 0.237. The minimum absolute atomic E-state index is 0.237. The van der Waals surface area contributed by atoms with E-state index in [-0.39, 0.29) is 5.84 Å². The van der Waals surface area contributed by atoms with Crippen LogP contribution in [0.2, 0.25) is 0 Å². The second-order valence-corrected chi connectivity index (χ2v) is 3.66. The zero-order valence-electron chi connectivity index (χ0n) is 7.42. The third kappa shape index (κ3) is 5.09. The molecule has 0 heterocycles. The summed E-state index contributed by atoms with van der Waals surface area (Å²) in [6.07, 6.45) is 2.08. The van der Waals surface area contributed by atoms with E-state index < -0.39 is 0 Å². The number of nitrogens with two attached hydrogens (primary N) is 1. The number of rotatable bonds is 5. The zero-order valence-corrected chi connectivity index (χ0v) is 8.24. The fourth-order valence-corrected chi connectivity index (χ4v) is 1.53. The smallest absolute Gasteiger partial charge is 0.105 e. The van der Waals surface area contributed by atoms with Crippen molar-refractivity contribution in [2.75, 3.05) is 25.6 Å². The molecule has 0 aliphatic carbocycles. The van der Waals surface area contributed by atoms with Crippen LogP contribution in [-0.2, 0) is 0 Å². The number of nitrogens with zero attached hydrogens (tertiary/aromatic N) is 1. The topological polar surface area (TPSA) is 53.1 Å². The third-order valence-corrected chi connectivity index (χ3v) is 2.40. The number of amidine groups is 1. The second kappa shape index (κ2) is 5.43. The lowest BCUT2D eigenvalue weighted by Crippen LogP contribution is -2.37. The van der Waals surface area contributed by atoms with Gasteiger partial charge >= 0.3 is 0 Å². The second-order valence-electron chi connectivity index (χ2n) is 2.74. The molecule has 4 heteroatoms. The maximum Gasteiger partial charge on any atom is 0.105 e. The highest BCUT2D eigenvalue weighted by atomic mass is 32.2. The number of likely N-dealkylation sites (N-methyl/N-ethyl adjacent to an activating group) is 1. The maximum atomic E-state index is 7.08. The van der Waals surface area contributed by atoms with Crippen LogP contribution in [0.1, 0.15) is 6.92 Å². The van der Waals surface area contributed by atoms with E-state index >= 15 is 0 Å². The Labute approximate surface area is 72.8 Å². The van der Waals surface area contributed by atoms with Gasteiger partial charge in [-0.25, -0.2) is 0 Å². The van der Waals surface area contributed by atoms with Crippen LogP contribution in [-0.4, -0.2) is 42.4 Å². The normalized spacial score (nSPS) is 13.5. The molecule has 0 saturated heterocycles. The van der Waals surface area contributed by atoms with Crippen molar-refractivity contribution in [1.82, 2.24) is 4.90 Å². The summed E-state index contributed by atoms with van der Waals surface area (Å²) < 4.78 is 0. The maximum absolute atomic E-state index is 7.08. The Morgan fingerprint density at radius 2 is 2.27 bits per heavy atom. The van der Waals surface area contributed by atoms with Gasteiger partial charge in [0.1, 0.15) is 5.84 Å². The van der Waals surface area contributed by atoms with Crippen molar-refractivity contribution in [2.45, 2.75) is 13.0 Å². The van der Waals surface area contributed by atoms with Gasteiger partial charge < -0.3 is 5.73 Å². The monoisotopic (exact) mass is 175 g/mol. The molecule has 0 saturated carbocycles. The van der Waals surface area contributed by atoms with Gasteiger partial charge in [-0.3, -0.25) is 10.3 Å².